The van der Waals surface area contributed by atoms with E-state index in [1.54, 1.807) is 22.8 Å². The molecule has 0 spiro atoms. The normalized spacial score (nSPS) is 11.0. The molecule has 3 aromatic rings. The Morgan fingerprint density at radius 3 is 2.67 bits per heavy atom. The number of nitrogens with zero attached hydrogens (tertiary/aromatic N) is 1. The van der Waals surface area contributed by atoms with Crippen molar-refractivity contribution in [2.75, 3.05) is 0 Å². The lowest BCUT2D eigenvalue weighted by atomic mass is 10.2. The smallest absolute Gasteiger partial charge is 0.182 e. The van der Waals surface area contributed by atoms with Crippen LogP contribution in [0.1, 0.15) is 5.56 Å². The van der Waals surface area contributed by atoms with Gasteiger partial charge in [0.1, 0.15) is 5.82 Å². The average molecular weight is 258 g/mol. The van der Waals surface area contributed by atoms with Crippen LogP contribution in [0.5, 0.6) is 0 Å². The van der Waals surface area contributed by atoms with Crippen LogP contribution in [0, 0.1) is 17.5 Å². The fraction of sp³-hybridized carbons (Fsp3) is 0.0714. The van der Waals surface area contributed by atoms with Crippen molar-refractivity contribution >= 4 is 23.3 Å². The summed E-state index contributed by atoms with van der Waals surface area (Å²) in [6, 6.07) is 12.5. The number of halogens is 1. The summed E-state index contributed by atoms with van der Waals surface area (Å²) >= 11 is 5.29. The number of hydrogen-bond donors (Lipinski definition) is 1. The summed E-state index contributed by atoms with van der Waals surface area (Å²) in [5.74, 6) is -0.280. The van der Waals surface area contributed by atoms with E-state index in [1.807, 2.05) is 25.1 Å². The van der Waals surface area contributed by atoms with Crippen LogP contribution in [0.25, 0.3) is 16.7 Å². The Morgan fingerprint density at radius 1 is 1.11 bits per heavy atom. The molecule has 1 N–H and O–H groups in total. The molecule has 0 saturated carbocycles. The number of imidazole rings is 1. The lowest BCUT2D eigenvalue weighted by Crippen LogP contribution is -1.98. The third kappa shape index (κ3) is 1.57. The van der Waals surface area contributed by atoms with Crippen LogP contribution in [0.2, 0.25) is 0 Å². The van der Waals surface area contributed by atoms with E-state index >= 15 is 0 Å². The van der Waals surface area contributed by atoms with Gasteiger partial charge in [-0.15, -0.1) is 0 Å². The van der Waals surface area contributed by atoms with E-state index in [4.69, 9.17) is 12.2 Å². The molecular formula is C14H11FN2S. The van der Waals surface area contributed by atoms with Crippen molar-refractivity contribution in [1.29, 1.82) is 0 Å². The predicted octanol–water partition coefficient (Wildman–Crippen LogP) is 4.14. The highest BCUT2D eigenvalue weighted by atomic mass is 32.1. The van der Waals surface area contributed by atoms with Crippen LogP contribution in [0.3, 0.4) is 0 Å². The minimum absolute atomic E-state index is 0.280. The first kappa shape index (κ1) is 11.2. The molecule has 18 heavy (non-hydrogen) atoms. The van der Waals surface area contributed by atoms with Gasteiger partial charge in [0.05, 0.1) is 16.7 Å². The van der Waals surface area contributed by atoms with Crippen molar-refractivity contribution in [3.63, 3.8) is 0 Å². The van der Waals surface area contributed by atoms with Gasteiger partial charge >= 0.3 is 0 Å². The third-order valence-corrected chi connectivity index (χ3v) is 3.28. The number of nitrogens with one attached hydrogen (secondary N) is 1. The van der Waals surface area contributed by atoms with Gasteiger partial charge in [0.15, 0.2) is 4.77 Å². The number of benzene rings is 2. The first-order valence-corrected chi connectivity index (χ1v) is 6.04. The molecule has 0 aliphatic rings. The van der Waals surface area contributed by atoms with Gasteiger partial charge in [-0.2, -0.15) is 0 Å². The molecule has 1 aromatic heterocycles. The molecule has 2 nitrogen and oxygen atoms in total. The van der Waals surface area contributed by atoms with E-state index in [-0.39, 0.29) is 5.82 Å². The SMILES string of the molecule is Cc1cccc2[nH]c(=S)n(-c3ccccc3F)c12. The fourth-order valence-electron chi connectivity index (χ4n) is 2.19. The topological polar surface area (TPSA) is 20.7 Å². The zero-order chi connectivity index (χ0) is 12.7. The van der Waals surface area contributed by atoms with Crippen LogP contribution in [0.4, 0.5) is 4.39 Å². The third-order valence-electron chi connectivity index (χ3n) is 3.00. The highest BCUT2D eigenvalue weighted by Crippen LogP contribution is 2.23. The van der Waals surface area contributed by atoms with Gasteiger partial charge < -0.3 is 4.98 Å². The molecule has 1 heterocycles. The zero-order valence-electron chi connectivity index (χ0n) is 9.77. The van der Waals surface area contributed by atoms with Crippen molar-refractivity contribution in [2.24, 2.45) is 0 Å². The number of aromatic nitrogens is 2. The minimum Gasteiger partial charge on any atom is -0.330 e. The monoisotopic (exact) mass is 258 g/mol. The van der Waals surface area contributed by atoms with Crippen LogP contribution >= 0.6 is 12.2 Å². The lowest BCUT2D eigenvalue weighted by Gasteiger charge is -2.07. The van der Waals surface area contributed by atoms with E-state index in [0.29, 0.717) is 10.5 Å². The second kappa shape index (κ2) is 4.07. The number of H-pyrrole nitrogens is 1. The highest BCUT2D eigenvalue weighted by Gasteiger charge is 2.11. The summed E-state index contributed by atoms with van der Waals surface area (Å²) in [5.41, 5.74) is 3.38. The number of hydrogen-bond acceptors (Lipinski definition) is 1. The van der Waals surface area contributed by atoms with Gasteiger partial charge in [-0.25, -0.2) is 4.39 Å². The summed E-state index contributed by atoms with van der Waals surface area (Å²) in [7, 11) is 0. The molecule has 0 atom stereocenters. The molecule has 0 amide bonds. The molecule has 0 radical (unpaired) electrons. The van der Waals surface area contributed by atoms with Crippen LogP contribution < -0.4 is 0 Å². The quantitative estimate of drug-likeness (QED) is 0.651. The van der Waals surface area contributed by atoms with Crippen molar-refractivity contribution in [1.82, 2.24) is 9.55 Å². The number of fused-ring (bicyclic) bond motifs is 1. The maximum atomic E-state index is 13.9. The number of aromatic amines is 1. The van der Waals surface area contributed by atoms with Crippen molar-refractivity contribution in [2.45, 2.75) is 6.92 Å². The van der Waals surface area contributed by atoms with Gasteiger partial charge in [0.2, 0.25) is 0 Å². The average Bonchev–Trinajstić information content (AvgIpc) is 2.68. The summed E-state index contributed by atoms with van der Waals surface area (Å²) in [6.07, 6.45) is 0. The summed E-state index contributed by atoms with van der Waals surface area (Å²) in [4.78, 5) is 3.10. The molecule has 3 rings (SSSR count). The largest absolute Gasteiger partial charge is 0.330 e. The van der Waals surface area contributed by atoms with Crippen LogP contribution in [0.15, 0.2) is 42.5 Å². The van der Waals surface area contributed by atoms with Gasteiger partial charge in [-0.1, -0.05) is 24.3 Å². The Morgan fingerprint density at radius 2 is 1.89 bits per heavy atom. The number of aryl methyl sites for hydroxylation is 1. The highest BCUT2D eigenvalue weighted by molar-refractivity contribution is 7.71. The lowest BCUT2D eigenvalue weighted by molar-refractivity contribution is 0.619. The maximum Gasteiger partial charge on any atom is 0.182 e. The summed E-state index contributed by atoms with van der Waals surface area (Å²) < 4.78 is 16.2. The van der Waals surface area contributed by atoms with Crippen molar-refractivity contribution < 1.29 is 4.39 Å². The van der Waals surface area contributed by atoms with Gasteiger partial charge in [0.25, 0.3) is 0 Å². The fourth-order valence-corrected chi connectivity index (χ4v) is 2.49. The second-order valence-corrected chi connectivity index (χ2v) is 4.57. The molecule has 0 aliphatic carbocycles. The number of rotatable bonds is 1. The maximum absolute atomic E-state index is 13.9. The van der Waals surface area contributed by atoms with E-state index in [1.165, 1.54) is 6.07 Å². The van der Waals surface area contributed by atoms with Gasteiger partial charge in [-0.3, -0.25) is 4.57 Å². The number of para-hydroxylation sites is 2. The van der Waals surface area contributed by atoms with E-state index in [2.05, 4.69) is 4.98 Å². The Balaban J connectivity index is 2.47. The molecule has 90 valence electrons. The molecule has 0 fully saturated rings. The molecule has 4 heteroatoms. The van der Waals surface area contributed by atoms with E-state index in [9.17, 15) is 4.39 Å². The van der Waals surface area contributed by atoms with Gasteiger partial charge in [0, 0.05) is 0 Å². The minimum atomic E-state index is -0.280. The zero-order valence-corrected chi connectivity index (χ0v) is 10.6. The standard InChI is InChI=1S/C14H11FN2S/c1-9-5-4-7-11-13(9)17(14(18)16-11)12-8-3-2-6-10(12)15/h2-8H,1H3,(H,16,18). The molecule has 0 unspecified atom stereocenters. The summed E-state index contributed by atoms with van der Waals surface area (Å²) in [5, 5.41) is 0. The molecule has 2 aromatic carbocycles. The van der Waals surface area contributed by atoms with Crippen LogP contribution in [-0.4, -0.2) is 9.55 Å². The second-order valence-electron chi connectivity index (χ2n) is 4.19. The molecule has 0 saturated heterocycles. The van der Waals surface area contributed by atoms with Crippen LogP contribution in [-0.2, 0) is 0 Å². The molecule has 0 bridgehead atoms. The van der Waals surface area contributed by atoms with Crippen molar-refractivity contribution in [3.8, 4) is 5.69 Å². The summed E-state index contributed by atoms with van der Waals surface area (Å²) in [6.45, 7) is 1.99. The van der Waals surface area contributed by atoms with E-state index < -0.39 is 0 Å². The Kier molecular flexibility index (Phi) is 2.52. The Bertz CT molecular complexity index is 786. The molecular weight excluding hydrogens is 247 g/mol. The predicted molar refractivity (Wildman–Crippen MR) is 73.2 cm³/mol. The van der Waals surface area contributed by atoms with Gasteiger partial charge in [-0.05, 0) is 42.9 Å². The first-order chi connectivity index (χ1) is 8.68. The molecule has 0 aliphatic heterocycles. The van der Waals surface area contributed by atoms with Crippen molar-refractivity contribution in [3.05, 3.63) is 58.6 Å². The van der Waals surface area contributed by atoms with E-state index in [0.717, 1.165) is 16.6 Å². The Labute approximate surface area is 109 Å². The first-order valence-electron chi connectivity index (χ1n) is 5.64. The Hall–Kier alpha value is -1.94.